The van der Waals surface area contributed by atoms with Crippen LogP contribution in [0.3, 0.4) is 0 Å². The minimum absolute atomic E-state index is 0.745. The Bertz CT molecular complexity index is 736. The standard InChI is InChI=1S/C16H16N2OS/c1-11-3-6-15(19-2)12(7-11)9-17-13-4-5-14-16(8-13)20-10-18-14/h3-8,10,17H,9H2,1-2H3. The molecule has 0 atom stereocenters. The summed E-state index contributed by atoms with van der Waals surface area (Å²) in [6.45, 7) is 2.83. The molecule has 0 aliphatic carbocycles. The van der Waals surface area contributed by atoms with E-state index in [1.807, 2.05) is 17.6 Å². The summed E-state index contributed by atoms with van der Waals surface area (Å²) < 4.78 is 6.60. The van der Waals surface area contributed by atoms with Crippen LogP contribution in [0.4, 0.5) is 5.69 Å². The Labute approximate surface area is 122 Å². The van der Waals surface area contributed by atoms with E-state index in [4.69, 9.17) is 4.74 Å². The van der Waals surface area contributed by atoms with Gasteiger partial charge in [0.15, 0.2) is 0 Å². The minimum atomic E-state index is 0.745. The number of nitrogens with zero attached hydrogens (tertiary/aromatic N) is 1. The van der Waals surface area contributed by atoms with E-state index in [9.17, 15) is 0 Å². The molecule has 102 valence electrons. The Morgan fingerprint density at radius 1 is 1.20 bits per heavy atom. The van der Waals surface area contributed by atoms with Gasteiger partial charge in [-0.25, -0.2) is 4.98 Å². The van der Waals surface area contributed by atoms with Crippen molar-refractivity contribution < 1.29 is 4.74 Å². The predicted molar refractivity (Wildman–Crippen MR) is 84.7 cm³/mol. The van der Waals surface area contributed by atoms with E-state index in [1.165, 1.54) is 10.3 Å². The number of anilines is 1. The van der Waals surface area contributed by atoms with E-state index in [0.717, 1.165) is 29.1 Å². The van der Waals surface area contributed by atoms with Gasteiger partial charge in [0.2, 0.25) is 0 Å². The van der Waals surface area contributed by atoms with Crippen molar-refractivity contribution in [2.24, 2.45) is 0 Å². The summed E-state index contributed by atoms with van der Waals surface area (Å²) >= 11 is 1.66. The molecule has 0 amide bonds. The van der Waals surface area contributed by atoms with Crippen molar-refractivity contribution in [1.82, 2.24) is 4.98 Å². The predicted octanol–water partition coefficient (Wildman–Crippen LogP) is 4.23. The highest BCUT2D eigenvalue weighted by Gasteiger charge is 2.04. The second-order valence-electron chi connectivity index (χ2n) is 4.70. The lowest BCUT2D eigenvalue weighted by molar-refractivity contribution is 0.410. The van der Waals surface area contributed by atoms with E-state index < -0.39 is 0 Å². The average Bonchev–Trinajstić information content (AvgIpc) is 2.92. The fraction of sp³-hybridized carbons (Fsp3) is 0.188. The van der Waals surface area contributed by atoms with Crippen LogP contribution >= 0.6 is 11.3 Å². The van der Waals surface area contributed by atoms with Gasteiger partial charge in [0.25, 0.3) is 0 Å². The van der Waals surface area contributed by atoms with Crippen molar-refractivity contribution in [3.63, 3.8) is 0 Å². The van der Waals surface area contributed by atoms with Gasteiger partial charge in [-0.2, -0.15) is 0 Å². The molecular formula is C16H16N2OS. The first-order valence-corrected chi connectivity index (χ1v) is 7.35. The van der Waals surface area contributed by atoms with Crippen LogP contribution in [0.25, 0.3) is 10.2 Å². The van der Waals surface area contributed by atoms with Gasteiger partial charge < -0.3 is 10.1 Å². The van der Waals surface area contributed by atoms with E-state index in [2.05, 4.69) is 41.5 Å². The highest BCUT2D eigenvalue weighted by molar-refractivity contribution is 7.16. The van der Waals surface area contributed by atoms with Crippen molar-refractivity contribution in [3.05, 3.63) is 53.0 Å². The summed E-state index contributed by atoms with van der Waals surface area (Å²) in [5, 5.41) is 3.44. The molecule has 3 rings (SSSR count). The first kappa shape index (κ1) is 12.9. The smallest absolute Gasteiger partial charge is 0.123 e. The fourth-order valence-corrected chi connectivity index (χ4v) is 2.92. The van der Waals surface area contributed by atoms with E-state index in [1.54, 1.807) is 18.4 Å². The lowest BCUT2D eigenvalue weighted by Gasteiger charge is -2.11. The molecule has 4 heteroatoms. The molecule has 0 unspecified atom stereocenters. The van der Waals surface area contributed by atoms with Crippen LogP contribution in [0.15, 0.2) is 41.9 Å². The molecule has 1 heterocycles. The second kappa shape index (κ2) is 5.51. The van der Waals surface area contributed by atoms with Gasteiger partial charge in [-0.05, 0) is 31.2 Å². The Kier molecular flexibility index (Phi) is 3.56. The number of fused-ring (bicyclic) bond motifs is 1. The van der Waals surface area contributed by atoms with Crippen LogP contribution < -0.4 is 10.1 Å². The molecule has 0 saturated carbocycles. The largest absolute Gasteiger partial charge is 0.496 e. The third-order valence-corrected chi connectivity index (χ3v) is 4.04. The Balaban J connectivity index is 1.80. The number of hydrogen-bond donors (Lipinski definition) is 1. The van der Waals surface area contributed by atoms with Gasteiger partial charge in [-0.1, -0.05) is 17.7 Å². The second-order valence-corrected chi connectivity index (χ2v) is 5.59. The molecule has 20 heavy (non-hydrogen) atoms. The van der Waals surface area contributed by atoms with Crippen molar-refractivity contribution in [2.75, 3.05) is 12.4 Å². The van der Waals surface area contributed by atoms with Crippen LogP contribution in [0.1, 0.15) is 11.1 Å². The van der Waals surface area contributed by atoms with Crippen LogP contribution in [0.5, 0.6) is 5.75 Å². The first-order valence-electron chi connectivity index (χ1n) is 6.47. The molecule has 0 spiro atoms. The van der Waals surface area contributed by atoms with Gasteiger partial charge in [0.05, 0.1) is 22.8 Å². The van der Waals surface area contributed by atoms with Gasteiger partial charge in [0, 0.05) is 17.8 Å². The third kappa shape index (κ3) is 2.60. The Morgan fingerprint density at radius 3 is 2.95 bits per heavy atom. The zero-order valence-corrected chi connectivity index (χ0v) is 12.3. The number of ether oxygens (including phenoxy) is 1. The number of rotatable bonds is 4. The summed E-state index contributed by atoms with van der Waals surface area (Å²) in [4.78, 5) is 4.29. The quantitative estimate of drug-likeness (QED) is 0.778. The Morgan fingerprint density at radius 2 is 2.10 bits per heavy atom. The topological polar surface area (TPSA) is 34.1 Å². The summed E-state index contributed by atoms with van der Waals surface area (Å²) in [5.74, 6) is 0.918. The van der Waals surface area contributed by atoms with Gasteiger partial charge >= 0.3 is 0 Å². The molecule has 1 aromatic heterocycles. The highest BCUT2D eigenvalue weighted by Crippen LogP contribution is 2.24. The molecular weight excluding hydrogens is 268 g/mol. The zero-order valence-electron chi connectivity index (χ0n) is 11.5. The molecule has 0 aliphatic heterocycles. The molecule has 1 N–H and O–H groups in total. The first-order chi connectivity index (χ1) is 9.76. The maximum Gasteiger partial charge on any atom is 0.123 e. The molecule has 0 radical (unpaired) electrons. The van der Waals surface area contributed by atoms with E-state index in [0.29, 0.717) is 0 Å². The monoisotopic (exact) mass is 284 g/mol. The number of nitrogens with one attached hydrogen (secondary N) is 1. The maximum atomic E-state index is 5.40. The Hall–Kier alpha value is -2.07. The highest BCUT2D eigenvalue weighted by atomic mass is 32.1. The molecule has 0 fully saturated rings. The molecule has 2 aromatic carbocycles. The van der Waals surface area contributed by atoms with Crippen LogP contribution in [0, 0.1) is 6.92 Å². The van der Waals surface area contributed by atoms with E-state index >= 15 is 0 Å². The molecule has 3 aromatic rings. The number of aryl methyl sites for hydroxylation is 1. The fourth-order valence-electron chi connectivity index (χ4n) is 2.21. The number of methoxy groups -OCH3 is 1. The zero-order chi connectivity index (χ0) is 13.9. The summed E-state index contributed by atoms with van der Waals surface area (Å²) in [6, 6.07) is 12.5. The third-order valence-electron chi connectivity index (χ3n) is 3.25. The lowest BCUT2D eigenvalue weighted by atomic mass is 10.1. The van der Waals surface area contributed by atoms with E-state index in [-0.39, 0.29) is 0 Å². The van der Waals surface area contributed by atoms with Crippen molar-refractivity contribution in [3.8, 4) is 5.75 Å². The SMILES string of the molecule is COc1ccc(C)cc1CNc1ccc2ncsc2c1. The van der Waals surface area contributed by atoms with Crippen molar-refractivity contribution in [2.45, 2.75) is 13.5 Å². The normalized spacial score (nSPS) is 10.7. The summed E-state index contributed by atoms with van der Waals surface area (Å²) in [7, 11) is 1.71. The number of hydrogen-bond acceptors (Lipinski definition) is 4. The van der Waals surface area contributed by atoms with Crippen LogP contribution in [0.2, 0.25) is 0 Å². The molecule has 3 nitrogen and oxygen atoms in total. The maximum absolute atomic E-state index is 5.40. The van der Waals surface area contributed by atoms with Crippen molar-refractivity contribution >= 4 is 27.2 Å². The van der Waals surface area contributed by atoms with Crippen LogP contribution in [-0.4, -0.2) is 12.1 Å². The molecule has 0 bridgehead atoms. The minimum Gasteiger partial charge on any atom is -0.496 e. The van der Waals surface area contributed by atoms with Gasteiger partial charge in [0.1, 0.15) is 5.75 Å². The molecule has 0 aliphatic rings. The van der Waals surface area contributed by atoms with Gasteiger partial charge in [-0.3, -0.25) is 0 Å². The number of aromatic nitrogens is 1. The summed E-state index contributed by atoms with van der Waals surface area (Å²) in [5.41, 5.74) is 6.43. The lowest BCUT2D eigenvalue weighted by Crippen LogP contribution is -2.02. The number of benzene rings is 2. The average molecular weight is 284 g/mol. The van der Waals surface area contributed by atoms with Crippen LogP contribution in [-0.2, 0) is 6.54 Å². The number of thiazole rings is 1. The van der Waals surface area contributed by atoms with Gasteiger partial charge in [-0.15, -0.1) is 11.3 Å². The summed E-state index contributed by atoms with van der Waals surface area (Å²) in [6.07, 6.45) is 0. The van der Waals surface area contributed by atoms with Crippen molar-refractivity contribution in [1.29, 1.82) is 0 Å². The molecule has 0 saturated heterocycles.